The van der Waals surface area contributed by atoms with E-state index in [0.717, 1.165) is 11.5 Å². The molecule has 2 rings (SSSR count). The van der Waals surface area contributed by atoms with Gasteiger partial charge in [-0.15, -0.1) is 0 Å². The number of anilines is 1. The number of hydrogen-bond acceptors (Lipinski definition) is 4. The summed E-state index contributed by atoms with van der Waals surface area (Å²) < 4.78 is 0. The van der Waals surface area contributed by atoms with Gasteiger partial charge in [-0.2, -0.15) is 11.8 Å². The van der Waals surface area contributed by atoms with Crippen LogP contribution in [0.5, 0.6) is 0 Å². The summed E-state index contributed by atoms with van der Waals surface area (Å²) in [7, 11) is 0. The molecule has 0 bridgehead atoms. The van der Waals surface area contributed by atoms with Crippen LogP contribution in [0.3, 0.4) is 0 Å². The topological polar surface area (TPSA) is 62.3 Å². The van der Waals surface area contributed by atoms with Gasteiger partial charge in [0.05, 0.1) is 5.02 Å². The van der Waals surface area contributed by atoms with Crippen LogP contribution in [0, 0.1) is 0 Å². The Morgan fingerprint density at radius 2 is 2.06 bits per heavy atom. The molecule has 2 amide bonds. The Bertz CT molecular complexity index is 446. The highest BCUT2D eigenvalue weighted by atomic mass is 35.5. The van der Waals surface area contributed by atoms with Crippen LogP contribution < -0.4 is 5.32 Å². The zero-order valence-electron chi connectivity index (χ0n) is 9.56. The number of halogens is 1. The molecule has 1 fully saturated rings. The Hall–Kier alpha value is -1.27. The van der Waals surface area contributed by atoms with E-state index in [2.05, 4.69) is 10.3 Å². The van der Waals surface area contributed by atoms with Crippen LogP contribution in [0.15, 0.2) is 18.3 Å². The minimum Gasteiger partial charge on any atom is -0.333 e. The SMILES string of the molecule is O=C(Nc1ccc(Cl)cn1)C(=O)N1CCSCC1. The standard InChI is InChI=1S/C11H12ClN3O2S/c12-8-1-2-9(13-7-8)14-10(16)11(17)15-3-5-18-6-4-15/h1-2,7H,3-6H2,(H,13,14,16). The van der Waals surface area contributed by atoms with Gasteiger partial charge < -0.3 is 10.2 Å². The van der Waals surface area contributed by atoms with Crippen LogP contribution in [0.2, 0.25) is 5.02 Å². The summed E-state index contributed by atoms with van der Waals surface area (Å²) in [5, 5.41) is 2.94. The molecule has 7 heteroatoms. The van der Waals surface area contributed by atoms with Gasteiger partial charge >= 0.3 is 11.8 Å². The molecule has 0 saturated carbocycles. The van der Waals surface area contributed by atoms with Gasteiger partial charge in [-0.05, 0) is 12.1 Å². The molecule has 1 N–H and O–H groups in total. The maximum absolute atomic E-state index is 11.8. The van der Waals surface area contributed by atoms with Gasteiger partial charge in [-0.1, -0.05) is 11.6 Å². The first-order valence-corrected chi connectivity index (χ1v) is 6.99. The van der Waals surface area contributed by atoms with E-state index in [-0.39, 0.29) is 0 Å². The van der Waals surface area contributed by atoms with Crippen LogP contribution in [0.1, 0.15) is 0 Å². The highest BCUT2D eigenvalue weighted by Gasteiger charge is 2.23. The van der Waals surface area contributed by atoms with E-state index >= 15 is 0 Å². The van der Waals surface area contributed by atoms with Crippen molar-refractivity contribution in [1.82, 2.24) is 9.88 Å². The maximum Gasteiger partial charge on any atom is 0.315 e. The Kier molecular flexibility index (Phi) is 4.43. The predicted octanol–water partition coefficient (Wildman–Crippen LogP) is 1.25. The van der Waals surface area contributed by atoms with Crippen LogP contribution >= 0.6 is 23.4 Å². The lowest BCUT2D eigenvalue weighted by Gasteiger charge is -2.25. The third-order valence-electron chi connectivity index (χ3n) is 2.46. The molecule has 0 aliphatic carbocycles. The van der Waals surface area contributed by atoms with Gasteiger partial charge in [-0.3, -0.25) is 9.59 Å². The van der Waals surface area contributed by atoms with E-state index in [4.69, 9.17) is 11.6 Å². The molecular weight excluding hydrogens is 274 g/mol. The number of amides is 2. The largest absolute Gasteiger partial charge is 0.333 e. The molecule has 96 valence electrons. The lowest BCUT2D eigenvalue weighted by atomic mass is 10.4. The number of rotatable bonds is 1. The molecule has 5 nitrogen and oxygen atoms in total. The van der Waals surface area contributed by atoms with Crippen LogP contribution in [-0.4, -0.2) is 46.3 Å². The van der Waals surface area contributed by atoms with Crippen LogP contribution in [-0.2, 0) is 9.59 Å². The van der Waals surface area contributed by atoms with Gasteiger partial charge in [0, 0.05) is 30.8 Å². The van der Waals surface area contributed by atoms with Crippen LogP contribution in [0.4, 0.5) is 5.82 Å². The molecule has 0 radical (unpaired) electrons. The number of aromatic nitrogens is 1. The van der Waals surface area contributed by atoms with Crippen molar-refractivity contribution >= 4 is 41.0 Å². The number of pyridine rings is 1. The zero-order chi connectivity index (χ0) is 13.0. The molecule has 0 spiro atoms. The second-order valence-electron chi connectivity index (χ2n) is 3.72. The Labute approximate surface area is 114 Å². The molecular formula is C11H12ClN3O2S. The number of nitrogens with zero attached hydrogens (tertiary/aromatic N) is 2. The van der Waals surface area contributed by atoms with Gasteiger partial charge in [-0.25, -0.2) is 4.98 Å². The summed E-state index contributed by atoms with van der Waals surface area (Å²) in [4.78, 5) is 29.0. The Morgan fingerprint density at radius 3 is 2.67 bits per heavy atom. The summed E-state index contributed by atoms with van der Waals surface area (Å²) in [5.74, 6) is 0.907. The number of nitrogens with one attached hydrogen (secondary N) is 1. The maximum atomic E-state index is 11.8. The van der Waals surface area contributed by atoms with E-state index < -0.39 is 11.8 Å². The van der Waals surface area contributed by atoms with Crippen molar-refractivity contribution in [2.24, 2.45) is 0 Å². The molecule has 2 heterocycles. The second-order valence-corrected chi connectivity index (χ2v) is 5.38. The second kappa shape index (κ2) is 6.06. The number of carbonyl (C=O) groups excluding carboxylic acids is 2. The fourth-order valence-electron chi connectivity index (χ4n) is 1.53. The lowest BCUT2D eigenvalue weighted by molar-refractivity contribution is -0.142. The molecule has 0 atom stereocenters. The summed E-state index contributed by atoms with van der Waals surface area (Å²) in [6, 6.07) is 3.16. The van der Waals surface area contributed by atoms with Crippen molar-refractivity contribution in [2.75, 3.05) is 29.9 Å². The summed E-state index contributed by atoms with van der Waals surface area (Å²) >= 11 is 7.46. The van der Waals surface area contributed by atoms with Gasteiger partial charge in [0.15, 0.2) is 0 Å². The highest BCUT2D eigenvalue weighted by Crippen LogP contribution is 2.11. The fourth-order valence-corrected chi connectivity index (χ4v) is 2.54. The minimum atomic E-state index is -0.656. The number of carbonyl (C=O) groups is 2. The first-order chi connectivity index (χ1) is 8.66. The van der Waals surface area contributed by atoms with E-state index in [1.165, 1.54) is 6.20 Å². The quantitative estimate of drug-likeness (QED) is 0.789. The average molecular weight is 286 g/mol. The molecule has 0 unspecified atom stereocenters. The van der Waals surface area contributed by atoms with Crippen molar-refractivity contribution in [3.8, 4) is 0 Å². The zero-order valence-corrected chi connectivity index (χ0v) is 11.1. The Morgan fingerprint density at radius 1 is 1.33 bits per heavy atom. The van der Waals surface area contributed by atoms with E-state index in [1.807, 2.05) is 0 Å². The highest BCUT2D eigenvalue weighted by molar-refractivity contribution is 7.99. The summed E-state index contributed by atoms with van der Waals surface area (Å²) in [5.41, 5.74) is 0. The van der Waals surface area contributed by atoms with Crippen LogP contribution in [0.25, 0.3) is 0 Å². The fraction of sp³-hybridized carbons (Fsp3) is 0.364. The van der Waals surface area contributed by atoms with Crippen molar-refractivity contribution in [1.29, 1.82) is 0 Å². The molecule has 1 aromatic heterocycles. The van der Waals surface area contributed by atoms with Gasteiger partial charge in [0.25, 0.3) is 0 Å². The minimum absolute atomic E-state index is 0.323. The lowest BCUT2D eigenvalue weighted by Crippen LogP contribution is -2.44. The smallest absolute Gasteiger partial charge is 0.315 e. The van der Waals surface area contributed by atoms with E-state index in [9.17, 15) is 9.59 Å². The third-order valence-corrected chi connectivity index (χ3v) is 3.63. The van der Waals surface area contributed by atoms with E-state index in [1.54, 1.807) is 28.8 Å². The molecule has 1 aliphatic rings. The van der Waals surface area contributed by atoms with Gasteiger partial charge in [0.1, 0.15) is 5.82 Å². The monoisotopic (exact) mass is 285 g/mol. The van der Waals surface area contributed by atoms with Crippen molar-refractivity contribution < 1.29 is 9.59 Å². The van der Waals surface area contributed by atoms with Crippen molar-refractivity contribution in [3.05, 3.63) is 23.4 Å². The van der Waals surface area contributed by atoms with Crippen molar-refractivity contribution in [3.63, 3.8) is 0 Å². The first kappa shape index (κ1) is 13.2. The molecule has 1 saturated heterocycles. The van der Waals surface area contributed by atoms with Gasteiger partial charge in [0.2, 0.25) is 0 Å². The molecule has 1 aromatic rings. The first-order valence-electron chi connectivity index (χ1n) is 5.46. The van der Waals surface area contributed by atoms with Crippen molar-refractivity contribution in [2.45, 2.75) is 0 Å². The number of hydrogen-bond donors (Lipinski definition) is 1. The summed E-state index contributed by atoms with van der Waals surface area (Å²) in [6.07, 6.45) is 1.42. The predicted molar refractivity (Wildman–Crippen MR) is 71.8 cm³/mol. The normalized spacial score (nSPS) is 15.3. The Balaban J connectivity index is 1.94. The van der Waals surface area contributed by atoms with E-state index in [0.29, 0.717) is 23.9 Å². The molecule has 18 heavy (non-hydrogen) atoms. The molecule has 0 aromatic carbocycles. The summed E-state index contributed by atoms with van der Waals surface area (Å²) in [6.45, 7) is 1.23. The number of thioether (sulfide) groups is 1. The third kappa shape index (κ3) is 3.36. The molecule has 1 aliphatic heterocycles. The average Bonchev–Trinajstić information content (AvgIpc) is 2.41.